The number of aryl methyl sites for hydroxylation is 1. The summed E-state index contributed by atoms with van der Waals surface area (Å²) in [5, 5.41) is 3.03. The van der Waals surface area contributed by atoms with E-state index in [-0.39, 0.29) is 18.9 Å². The molecule has 0 spiro atoms. The topological polar surface area (TPSA) is 75.7 Å². The summed E-state index contributed by atoms with van der Waals surface area (Å²) in [6, 6.07) is 12.5. The van der Waals surface area contributed by atoms with E-state index in [0.29, 0.717) is 10.7 Å². The molecule has 1 N–H and O–H groups in total. The fraction of sp³-hybridized carbons (Fsp3) is 0.318. The lowest BCUT2D eigenvalue weighted by Gasteiger charge is -2.20. The highest BCUT2D eigenvalue weighted by Gasteiger charge is 2.37. The largest absolute Gasteiger partial charge is 0.452 e. The zero-order valence-corrected chi connectivity index (χ0v) is 17.3. The number of carbonyl (C=O) groups excluding carboxylic acids is 3. The highest BCUT2D eigenvalue weighted by molar-refractivity contribution is 6.33. The second-order valence-corrected chi connectivity index (χ2v) is 7.58. The van der Waals surface area contributed by atoms with E-state index < -0.39 is 23.9 Å². The van der Waals surface area contributed by atoms with Gasteiger partial charge in [-0.15, -0.1) is 0 Å². The summed E-state index contributed by atoms with van der Waals surface area (Å²) in [6.45, 7) is 5.65. The maximum Gasteiger partial charge on any atom is 0.312 e. The number of halogens is 1. The molecular formula is C22H23ClN2O4. The second-order valence-electron chi connectivity index (χ2n) is 7.17. The predicted octanol–water partition coefficient (Wildman–Crippen LogP) is 3.88. The maximum atomic E-state index is 12.5. The molecule has 0 radical (unpaired) electrons. The molecule has 7 heteroatoms. The van der Waals surface area contributed by atoms with Crippen LogP contribution in [0.2, 0.25) is 5.02 Å². The van der Waals surface area contributed by atoms with E-state index in [4.69, 9.17) is 16.3 Å². The Bertz CT molecular complexity index is 960. The molecule has 0 aromatic heterocycles. The van der Waals surface area contributed by atoms with Crippen LogP contribution in [0.3, 0.4) is 0 Å². The third kappa shape index (κ3) is 4.59. The van der Waals surface area contributed by atoms with Crippen LogP contribution in [0.5, 0.6) is 0 Å². The van der Waals surface area contributed by atoms with Crippen molar-refractivity contribution in [3.8, 4) is 0 Å². The van der Waals surface area contributed by atoms with Gasteiger partial charge in [-0.05, 0) is 50.1 Å². The molecular weight excluding hydrogens is 392 g/mol. The Hall–Kier alpha value is -2.86. The van der Waals surface area contributed by atoms with E-state index in [1.807, 2.05) is 32.0 Å². The lowest BCUT2D eigenvalue weighted by atomic mass is 10.1. The molecule has 2 aromatic rings. The summed E-state index contributed by atoms with van der Waals surface area (Å²) in [5.74, 6) is -1.79. The first kappa shape index (κ1) is 20.9. The van der Waals surface area contributed by atoms with Gasteiger partial charge in [0.25, 0.3) is 5.91 Å². The molecule has 152 valence electrons. The average Bonchev–Trinajstić information content (AvgIpc) is 3.07. The van der Waals surface area contributed by atoms with Crippen molar-refractivity contribution in [3.63, 3.8) is 0 Å². The minimum Gasteiger partial charge on any atom is -0.452 e. The van der Waals surface area contributed by atoms with E-state index in [0.717, 1.165) is 16.8 Å². The average molecular weight is 415 g/mol. The smallest absolute Gasteiger partial charge is 0.312 e. The van der Waals surface area contributed by atoms with Crippen molar-refractivity contribution in [1.29, 1.82) is 0 Å². The minimum atomic E-state index is -1.01. The fourth-order valence-electron chi connectivity index (χ4n) is 3.25. The highest BCUT2D eigenvalue weighted by atomic mass is 35.5. The van der Waals surface area contributed by atoms with Crippen molar-refractivity contribution in [2.45, 2.75) is 33.3 Å². The number of nitrogens with zero attached hydrogens (tertiary/aromatic N) is 1. The molecule has 0 bridgehead atoms. The van der Waals surface area contributed by atoms with Crippen LogP contribution in [0.4, 0.5) is 11.4 Å². The Labute approximate surface area is 174 Å². The Kier molecular flexibility index (Phi) is 6.23. The quantitative estimate of drug-likeness (QED) is 0.753. The van der Waals surface area contributed by atoms with Crippen LogP contribution in [-0.4, -0.2) is 30.4 Å². The van der Waals surface area contributed by atoms with Gasteiger partial charge in [0.1, 0.15) is 0 Å². The number of para-hydroxylation sites is 1. The molecule has 2 aromatic carbocycles. The van der Waals surface area contributed by atoms with E-state index in [1.54, 1.807) is 29.2 Å². The van der Waals surface area contributed by atoms with Crippen LogP contribution >= 0.6 is 11.6 Å². The number of amides is 2. The maximum absolute atomic E-state index is 12.5. The molecule has 1 aliphatic rings. The molecule has 2 amide bonds. The van der Waals surface area contributed by atoms with Crippen molar-refractivity contribution in [1.82, 2.24) is 0 Å². The molecule has 0 unspecified atom stereocenters. The van der Waals surface area contributed by atoms with E-state index >= 15 is 0 Å². The summed E-state index contributed by atoms with van der Waals surface area (Å²) < 4.78 is 5.32. The first-order valence-electron chi connectivity index (χ1n) is 9.40. The van der Waals surface area contributed by atoms with E-state index in [9.17, 15) is 14.4 Å². The number of nitrogens with one attached hydrogen (secondary N) is 1. The Morgan fingerprint density at radius 1 is 1.17 bits per heavy atom. The minimum absolute atomic E-state index is 0.0606. The number of hydrogen-bond donors (Lipinski definition) is 1. The molecule has 1 heterocycles. The summed E-state index contributed by atoms with van der Waals surface area (Å²) in [7, 11) is 0. The van der Waals surface area contributed by atoms with Gasteiger partial charge < -0.3 is 15.0 Å². The van der Waals surface area contributed by atoms with Gasteiger partial charge >= 0.3 is 5.97 Å². The monoisotopic (exact) mass is 414 g/mol. The Balaban J connectivity index is 1.62. The van der Waals surface area contributed by atoms with Gasteiger partial charge in [-0.3, -0.25) is 14.4 Å². The fourth-order valence-corrected chi connectivity index (χ4v) is 3.43. The molecule has 3 rings (SSSR count). The van der Waals surface area contributed by atoms with Crippen molar-refractivity contribution in [3.05, 3.63) is 58.6 Å². The summed E-state index contributed by atoms with van der Waals surface area (Å²) >= 11 is 6.03. The zero-order chi connectivity index (χ0) is 21.1. The third-order valence-electron chi connectivity index (χ3n) is 5.12. The van der Waals surface area contributed by atoms with Crippen molar-refractivity contribution in [2.75, 3.05) is 16.8 Å². The zero-order valence-electron chi connectivity index (χ0n) is 16.6. The van der Waals surface area contributed by atoms with Crippen LogP contribution in [0.15, 0.2) is 42.5 Å². The summed E-state index contributed by atoms with van der Waals surface area (Å²) in [4.78, 5) is 39.0. The number of carbonyl (C=O) groups is 3. The lowest BCUT2D eigenvalue weighted by molar-refractivity contribution is -0.157. The van der Waals surface area contributed by atoms with Crippen molar-refractivity contribution < 1.29 is 19.1 Å². The van der Waals surface area contributed by atoms with Crippen molar-refractivity contribution in [2.24, 2.45) is 5.92 Å². The van der Waals surface area contributed by atoms with Crippen LogP contribution in [0.1, 0.15) is 24.5 Å². The standard InChI is InChI=1S/C22H23ClN2O4/c1-13-7-6-10-19(14(13)2)25-12-16(11-20(25)26)22(28)29-15(3)21(27)24-18-9-5-4-8-17(18)23/h4-10,15-16H,11-12H2,1-3H3,(H,24,27)/t15-,16+/m0/s1. The van der Waals surface area contributed by atoms with Gasteiger partial charge in [0.2, 0.25) is 5.91 Å². The molecule has 6 nitrogen and oxygen atoms in total. The number of anilines is 2. The van der Waals surface area contributed by atoms with Gasteiger partial charge in [-0.25, -0.2) is 0 Å². The number of ether oxygens (including phenoxy) is 1. The molecule has 0 saturated carbocycles. The SMILES string of the molecule is Cc1cccc(N2C[C@H](C(=O)O[C@@H](C)C(=O)Nc3ccccc3Cl)CC2=O)c1C. The van der Waals surface area contributed by atoms with Crippen LogP contribution < -0.4 is 10.2 Å². The van der Waals surface area contributed by atoms with Crippen LogP contribution in [0, 0.1) is 19.8 Å². The summed E-state index contributed by atoms with van der Waals surface area (Å²) in [6.07, 6.45) is -0.950. The molecule has 1 fully saturated rings. The molecule has 29 heavy (non-hydrogen) atoms. The van der Waals surface area contributed by atoms with Gasteiger partial charge in [0.05, 0.1) is 16.6 Å². The molecule has 1 saturated heterocycles. The van der Waals surface area contributed by atoms with E-state index in [1.165, 1.54) is 6.92 Å². The van der Waals surface area contributed by atoms with Crippen molar-refractivity contribution >= 4 is 40.8 Å². The van der Waals surface area contributed by atoms with Gasteiger partial charge in [0, 0.05) is 18.7 Å². The Morgan fingerprint density at radius 3 is 2.62 bits per heavy atom. The second kappa shape index (κ2) is 8.66. The first-order chi connectivity index (χ1) is 13.8. The number of rotatable bonds is 5. The third-order valence-corrected chi connectivity index (χ3v) is 5.45. The van der Waals surface area contributed by atoms with Crippen LogP contribution in [-0.2, 0) is 19.1 Å². The number of hydrogen-bond acceptors (Lipinski definition) is 4. The normalized spacial score (nSPS) is 17.2. The number of benzene rings is 2. The first-order valence-corrected chi connectivity index (χ1v) is 9.78. The number of esters is 1. The highest BCUT2D eigenvalue weighted by Crippen LogP contribution is 2.30. The molecule has 2 atom stereocenters. The summed E-state index contributed by atoms with van der Waals surface area (Å²) in [5.41, 5.74) is 3.32. The lowest BCUT2D eigenvalue weighted by Crippen LogP contribution is -2.33. The van der Waals surface area contributed by atoms with Gasteiger partial charge in [-0.1, -0.05) is 35.9 Å². The Morgan fingerprint density at radius 2 is 1.90 bits per heavy atom. The molecule has 1 aliphatic heterocycles. The van der Waals surface area contributed by atoms with Gasteiger partial charge in [0.15, 0.2) is 6.10 Å². The predicted molar refractivity (Wildman–Crippen MR) is 112 cm³/mol. The van der Waals surface area contributed by atoms with E-state index in [2.05, 4.69) is 5.32 Å². The van der Waals surface area contributed by atoms with Gasteiger partial charge in [-0.2, -0.15) is 0 Å². The van der Waals surface area contributed by atoms with Crippen LogP contribution in [0.25, 0.3) is 0 Å². The molecule has 0 aliphatic carbocycles.